The molecule has 0 N–H and O–H groups in total. The molecule has 0 aromatic carbocycles. The van der Waals surface area contributed by atoms with Crippen LogP contribution in [0.5, 0.6) is 0 Å². The summed E-state index contributed by atoms with van der Waals surface area (Å²) in [6.45, 7) is 4.62. The van der Waals surface area contributed by atoms with Gasteiger partial charge in [-0.05, 0) is 19.4 Å². The third-order valence-electron chi connectivity index (χ3n) is 2.65. The van der Waals surface area contributed by atoms with E-state index in [-0.39, 0.29) is 10.8 Å². The molecule has 0 spiro atoms. The first-order valence-corrected chi connectivity index (χ1v) is 9.88. The number of halogens is 5. The average molecular weight is 532 g/mol. The lowest BCUT2D eigenvalue weighted by atomic mass is 10.1. The molecule has 11 heteroatoms. The topological polar surface area (TPSA) is 63.7 Å². The fourth-order valence-electron chi connectivity index (χ4n) is 1.72. The summed E-state index contributed by atoms with van der Waals surface area (Å²) >= 11 is 24.2. The van der Waals surface area contributed by atoms with E-state index in [9.17, 15) is 14.4 Å². The van der Waals surface area contributed by atoms with Crippen LogP contribution in [0.25, 0.3) is 0 Å². The van der Waals surface area contributed by atoms with Gasteiger partial charge in [-0.15, -0.1) is 0 Å². The fraction of sp³-hybridized carbons (Fsp3) is 0.583. The van der Waals surface area contributed by atoms with Gasteiger partial charge in [-0.3, -0.25) is 14.5 Å². The minimum atomic E-state index is -1.27. The van der Waals surface area contributed by atoms with Gasteiger partial charge in [-0.1, -0.05) is 78.4 Å². The third-order valence-corrected chi connectivity index (χ3v) is 6.98. The van der Waals surface area contributed by atoms with Gasteiger partial charge < -0.3 is 4.74 Å². The molecule has 1 rings (SSSR count). The summed E-state index contributed by atoms with van der Waals surface area (Å²) in [6, 6.07) is 0. The van der Waals surface area contributed by atoms with Crippen LogP contribution in [0.2, 0.25) is 0 Å². The second kappa shape index (κ2) is 8.27. The number of rotatable bonds is 5. The Hall–Kier alpha value is 0.530. The number of likely N-dealkylation sites (tertiary alicyclic amines) is 1. The molecule has 0 radical (unpaired) electrons. The van der Waals surface area contributed by atoms with Crippen molar-refractivity contribution in [3.63, 3.8) is 0 Å². The van der Waals surface area contributed by atoms with Crippen molar-refractivity contribution >= 4 is 95.4 Å². The van der Waals surface area contributed by atoms with Crippen molar-refractivity contribution in [3.05, 3.63) is 11.3 Å². The van der Waals surface area contributed by atoms with E-state index in [1.54, 1.807) is 13.8 Å². The van der Waals surface area contributed by atoms with Crippen LogP contribution < -0.4 is 0 Å². The van der Waals surface area contributed by atoms with E-state index in [0.29, 0.717) is 5.57 Å². The first kappa shape index (κ1) is 21.6. The predicted octanol–water partition coefficient (Wildman–Crippen LogP) is 4.13. The Morgan fingerprint density at radius 3 is 2.17 bits per heavy atom. The maximum Gasteiger partial charge on any atom is 0.356 e. The van der Waals surface area contributed by atoms with Crippen molar-refractivity contribution < 1.29 is 19.1 Å². The quantitative estimate of drug-likeness (QED) is 0.231. The van der Waals surface area contributed by atoms with Crippen LogP contribution in [0.1, 0.15) is 20.8 Å². The van der Waals surface area contributed by atoms with Crippen molar-refractivity contribution in [2.75, 3.05) is 0 Å². The number of carbonyl (C=O) groups excluding carboxylic acids is 3. The number of alkyl halides is 5. The molecule has 5 nitrogen and oxygen atoms in total. The first-order chi connectivity index (χ1) is 10.4. The summed E-state index contributed by atoms with van der Waals surface area (Å²) in [5.41, 5.74) is -0.770. The Labute approximate surface area is 169 Å². The number of nitrogens with zero attached hydrogens (tertiary/aromatic N) is 1. The SMILES string of the molecule is CC(=O)SC1N(C(C(=O)OC(Cl)C(Cl)Cl)=C(C)C)C(=O)C1(Br)Br. The van der Waals surface area contributed by atoms with Gasteiger partial charge in [0, 0.05) is 6.92 Å². The zero-order valence-corrected chi connectivity index (χ0v) is 18.4. The van der Waals surface area contributed by atoms with Gasteiger partial charge >= 0.3 is 5.97 Å². The minimum Gasteiger partial charge on any atom is -0.438 e. The second-order valence-electron chi connectivity index (χ2n) is 4.70. The van der Waals surface area contributed by atoms with Crippen molar-refractivity contribution in [2.45, 2.75) is 39.8 Å². The lowest BCUT2D eigenvalue weighted by molar-refractivity contribution is -0.150. The Balaban J connectivity index is 3.11. The van der Waals surface area contributed by atoms with Gasteiger partial charge in [0.1, 0.15) is 11.1 Å². The van der Waals surface area contributed by atoms with Crippen LogP contribution in [0.4, 0.5) is 0 Å². The van der Waals surface area contributed by atoms with Crippen LogP contribution in [0, 0.1) is 0 Å². The van der Waals surface area contributed by atoms with E-state index in [2.05, 4.69) is 31.9 Å². The summed E-state index contributed by atoms with van der Waals surface area (Å²) in [4.78, 5) is 36.1. The van der Waals surface area contributed by atoms with E-state index < -0.39 is 30.9 Å². The molecular formula is C12H12Br2Cl3NO4S. The van der Waals surface area contributed by atoms with Crippen LogP contribution in [0.15, 0.2) is 11.3 Å². The number of hydrogen-bond acceptors (Lipinski definition) is 5. The molecule has 0 saturated carbocycles. The normalized spacial score (nSPS) is 20.8. The summed E-state index contributed by atoms with van der Waals surface area (Å²) < 4.78 is 3.81. The number of ether oxygens (including phenoxy) is 1. The molecular weight excluding hydrogens is 520 g/mol. The highest BCUT2D eigenvalue weighted by atomic mass is 79.9. The van der Waals surface area contributed by atoms with E-state index in [4.69, 9.17) is 39.5 Å². The lowest BCUT2D eigenvalue weighted by Crippen LogP contribution is -2.66. The maximum absolute atomic E-state index is 12.3. The maximum atomic E-state index is 12.3. The lowest BCUT2D eigenvalue weighted by Gasteiger charge is -2.49. The molecule has 1 aliphatic rings. The highest BCUT2D eigenvalue weighted by Crippen LogP contribution is 2.51. The van der Waals surface area contributed by atoms with E-state index in [1.807, 2.05) is 0 Å². The van der Waals surface area contributed by atoms with Crippen molar-refractivity contribution in [2.24, 2.45) is 0 Å². The molecule has 0 bridgehead atoms. The van der Waals surface area contributed by atoms with Gasteiger partial charge in [0.25, 0.3) is 5.91 Å². The Morgan fingerprint density at radius 1 is 1.26 bits per heavy atom. The van der Waals surface area contributed by atoms with E-state index in [1.165, 1.54) is 11.8 Å². The van der Waals surface area contributed by atoms with Crippen LogP contribution >= 0.6 is 78.4 Å². The van der Waals surface area contributed by atoms with E-state index in [0.717, 1.165) is 11.8 Å². The molecule has 2 atom stereocenters. The van der Waals surface area contributed by atoms with Gasteiger partial charge in [0.2, 0.25) is 5.56 Å². The van der Waals surface area contributed by atoms with Crippen LogP contribution in [-0.2, 0) is 19.1 Å². The van der Waals surface area contributed by atoms with Gasteiger partial charge in [-0.25, -0.2) is 4.79 Å². The second-order valence-corrected chi connectivity index (χ2v) is 11.1. The van der Waals surface area contributed by atoms with Crippen LogP contribution in [-0.4, -0.2) is 40.9 Å². The number of carbonyl (C=O) groups is 3. The molecule has 2 unspecified atom stereocenters. The van der Waals surface area contributed by atoms with Gasteiger partial charge in [-0.2, -0.15) is 0 Å². The van der Waals surface area contributed by atoms with Crippen molar-refractivity contribution in [3.8, 4) is 0 Å². The largest absolute Gasteiger partial charge is 0.438 e. The molecule has 1 aliphatic heterocycles. The number of thioether (sulfide) groups is 1. The standard InChI is InChI=1S/C12H12Br2Cl3NO4S/c1-4(2)6(9(20)22-8(17)7(15)16)18-10(21)12(13,14)11(18)23-5(3)19/h7-8,11H,1-3H3. The zero-order valence-electron chi connectivity index (χ0n) is 12.1. The molecule has 23 heavy (non-hydrogen) atoms. The predicted molar refractivity (Wildman–Crippen MR) is 99.1 cm³/mol. The summed E-state index contributed by atoms with van der Waals surface area (Å²) in [6.07, 6.45) is 0. The smallest absolute Gasteiger partial charge is 0.356 e. The summed E-state index contributed by atoms with van der Waals surface area (Å²) in [5, 5.41) is -0.879. The highest BCUT2D eigenvalue weighted by molar-refractivity contribution is 9.26. The van der Waals surface area contributed by atoms with Gasteiger partial charge in [0.15, 0.2) is 13.2 Å². The summed E-state index contributed by atoms with van der Waals surface area (Å²) in [7, 11) is 0. The number of hydrogen-bond donors (Lipinski definition) is 0. The van der Waals surface area contributed by atoms with Crippen molar-refractivity contribution in [1.29, 1.82) is 0 Å². The minimum absolute atomic E-state index is 0.0112. The number of esters is 1. The first-order valence-electron chi connectivity index (χ1n) is 6.10. The number of allylic oxidation sites excluding steroid dienone is 1. The Kier molecular flexibility index (Phi) is 7.76. The average Bonchev–Trinajstić information content (AvgIpc) is 2.40. The number of amides is 1. The van der Waals surface area contributed by atoms with Crippen molar-refractivity contribution in [1.82, 2.24) is 4.90 Å². The van der Waals surface area contributed by atoms with Gasteiger partial charge in [0.05, 0.1) is 0 Å². The molecule has 1 heterocycles. The third kappa shape index (κ3) is 4.79. The monoisotopic (exact) mass is 529 g/mol. The molecule has 1 saturated heterocycles. The Morgan fingerprint density at radius 2 is 1.78 bits per heavy atom. The fourth-order valence-corrected chi connectivity index (χ4v) is 4.13. The molecule has 1 fully saturated rings. The molecule has 1 amide bonds. The Bertz CT molecular complexity index is 567. The number of β-lactam (4-membered cyclic amide) rings is 1. The molecule has 130 valence electrons. The molecule has 0 aromatic rings. The zero-order chi connectivity index (χ0) is 18.1. The molecule has 0 aromatic heterocycles. The highest BCUT2D eigenvalue weighted by Gasteiger charge is 2.61. The molecule has 0 aliphatic carbocycles. The van der Waals surface area contributed by atoms with Crippen LogP contribution in [0.3, 0.4) is 0 Å². The summed E-state index contributed by atoms with van der Waals surface area (Å²) in [5.74, 6) is -1.29. The van der Waals surface area contributed by atoms with E-state index >= 15 is 0 Å².